The first-order valence-corrected chi connectivity index (χ1v) is 9.15. The number of aryl methyl sites for hydroxylation is 1. The molecule has 0 aromatic heterocycles. The molecule has 1 aromatic carbocycles. The van der Waals surface area contributed by atoms with Crippen LogP contribution in [0.25, 0.3) is 0 Å². The van der Waals surface area contributed by atoms with Gasteiger partial charge in [0.2, 0.25) is 0 Å². The van der Waals surface area contributed by atoms with Gasteiger partial charge < -0.3 is 5.11 Å². The van der Waals surface area contributed by atoms with Gasteiger partial charge >= 0.3 is 0 Å². The Morgan fingerprint density at radius 3 is 1.86 bits per heavy atom. The highest BCUT2D eigenvalue weighted by molar-refractivity contribution is 5.45. The van der Waals surface area contributed by atoms with Gasteiger partial charge in [0.25, 0.3) is 0 Å². The second-order valence-corrected chi connectivity index (χ2v) is 7.13. The Bertz CT molecular complexity index is 465. The third kappa shape index (κ3) is 3.27. The summed E-state index contributed by atoms with van der Waals surface area (Å²) in [6.07, 6.45) is 14.4. The number of aromatic hydroxyl groups is 1. The maximum atomic E-state index is 10.6. The molecule has 2 aliphatic carbocycles. The van der Waals surface area contributed by atoms with Crippen molar-refractivity contribution in [2.75, 3.05) is 0 Å². The summed E-state index contributed by atoms with van der Waals surface area (Å²) in [6, 6.07) is 4.49. The van der Waals surface area contributed by atoms with Crippen LogP contribution in [0.3, 0.4) is 0 Å². The van der Waals surface area contributed by atoms with Crippen LogP contribution in [0.4, 0.5) is 0 Å². The number of hydrogen-bond acceptors (Lipinski definition) is 1. The van der Waals surface area contributed by atoms with E-state index in [-0.39, 0.29) is 0 Å². The second kappa shape index (κ2) is 6.85. The average molecular weight is 286 g/mol. The highest BCUT2D eigenvalue weighted by atomic mass is 16.3. The van der Waals surface area contributed by atoms with Crippen molar-refractivity contribution in [1.82, 2.24) is 0 Å². The van der Waals surface area contributed by atoms with Crippen LogP contribution in [0.2, 0.25) is 0 Å². The van der Waals surface area contributed by atoms with Gasteiger partial charge in [-0.15, -0.1) is 0 Å². The molecule has 2 aliphatic rings. The molecule has 21 heavy (non-hydrogen) atoms. The van der Waals surface area contributed by atoms with Crippen molar-refractivity contribution in [1.29, 1.82) is 0 Å². The number of hydrogen-bond donors (Lipinski definition) is 1. The summed E-state index contributed by atoms with van der Waals surface area (Å²) < 4.78 is 0. The summed E-state index contributed by atoms with van der Waals surface area (Å²) in [7, 11) is 0. The van der Waals surface area contributed by atoms with E-state index in [1.807, 2.05) is 0 Å². The highest BCUT2D eigenvalue weighted by Gasteiger charge is 2.23. The zero-order valence-electron chi connectivity index (χ0n) is 13.5. The van der Waals surface area contributed by atoms with Crippen molar-refractivity contribution < 1.29 is 5.11 Å². The predicted molar refractivity (Wildman–Crippen MR) is 89.1 cm³/mol. The summed E-state index contributed by atoms with van der Waals surface area (Å²) >= 11 is 0. The molecule has 2 fully saturated rings. The lowest BCUT2D eigenvalue weighted by Gasteiger charge is -2.28. The lowest BCUT2D eigenvalue weighted by Crippen LogP contribution is -2.10. The van der Waals surface area contributed by atoms with Crippen LogP contribution >= 0.6 is 0 Å². The fourth-order valence-corrected chi connectivity index (χ4v) is 4.51. The Morgan fingerprint density at radius 1 is 0.810 bits per heavy atom. The summed E-state index contributed by atoms with van der Waals surface area (Å²) in [5.74, 6) is 1.88. The standard InChI is InChI=1S/C20H30O/c1-2-15-13-19(17-11-7-4-8-12-17)20(21)14-18(15)16-9-5-3-6-10-16/h13-14,16-17,21H,2-12H2,1H3. The molecular formula is C20H30O. The van der Waals surface area contributed by atoms with Gasteiger partial charge in [0.05, 0.1) is 0 Å². The quantitative estimate of drug-likeness (QED) is 0.717. The molecule has 3 rings (SSSR count). The first-order valence-electron chi connectivity index (χ1n) is 9.15. The van der Waals surface area contributed by atoms with Gasteiger partial charge in [0, 0.05) is 0 Å². The van der Waals surface area contributed by atoms with Crippen LogP contribution in [0, 0.1) is 0 Å². The van der Waals surface area contributed by atoms with Gasteiger partial charge in [-0.2, -0.15) is 0 Å². The molecule has 0 bridgehead atoms. The smallest absolute Gasteiger partial charge is 0.119 e. The summed E-state index contributed by atoms with van der Waals surface area (Å²) in [6.45, 7) is 2.27. The largest absolute Gasteiger partial charge is 0.508 e. The first kappa shape index (κ1) is 14.9. The predicted octanol–water partition coefficient (Wildman–Crippen LogP) is 6.05. The molecule has 0 atom stereocenters. The SMILES string of the molecule is CCc1cc(C2CCCCC2)c(O)cc1C1CCCCC1. The molecule has 0 unspecified atom stereocenters. The van der Waals surface area contributed by atoms with E-state index in [0.29, 0.717) is 17.6 Å². The molecule has 1 N–H and O–H groups in total. The van der Waals surface area contributed by atoms with E-state index in [0.717, 1.165) is 6.42 Å². The Balaban J connectivity index is 1.89. The van der Waals surface area contributed by atoms with Gasteiger partial charge in [-0.3, -0.25) is 0 Å². The van der Waals surface area contributed by atoms with Crippen LogP contribution in [-0.4, -0.2) is 5.11 Å². The van der Waals surface area contributed by atoms with E-state index in [2.05, 4.69) is 19.1 Å². The Labute approximate surface area is 129 Å². The molecule has 2 saturated carbocycles. The third-order valence-electron chi connectivity index (χ3n) is 5.76. The molecular weight excluding hydrogens is 256 g/mol. The number of benzene rings is 1. The number of phenols is 1. The fraction of sp³-hybridized carbons (Fsp3) is 0.700. The molecule has 0 radical (unpaired) electrons. The van der Waals surface area contributed by atoms with Crippen molar-refractivity contribution in [2.24, 2.45) is 0 Å². The summed E-state index contributed by atoms with van der Waals surface area (Å²) in [5, 5.41) is 10.6. The first-order chi connectivity index (χ1) is 10.3. The van der Waals surface area contributed by atoms with Crippen molar-refractivity contribution in [3.05, 3.63) is 28.8 Å². The van der Waals surface area contributed by atoms with E-state index in [4.69, 9.17) is 0 Å². The van der Waals surface area contributed by atoms with Crippen LogP contribution in [-0.2, 0) is 6.42 Å². The Morgan fingerprint density at radius 2 is 1.33 bits per heavy atom. The average Bonchev–Trinajstić information content (AvgIpc) is 2.56. The summed E-state index contributed by atoms with van der Waals surface area (Å²) in [5.41, 5.74) is 4.20. The maximum Gasteiger partial charge on any atom is 0.119 e. The van der Waals surface area contributed by atoms with Crippen molar-refractivity contribution in [2.45, 2.75) is 89.4 Å². The fourth-order valence-electron chi connectivity index (χ4n) is 4.51. The third-order valence-corrected chi connectivity index (χ3v) is 5.76. The second-order valence-electron chi connectivity index (χ2n) is 7.13. The molecule has 0 aliphatic heterocycles. The van der Waals surface area contributed by atoms with E-state index < -0.39 is 0 Å². The van der Waals surface area contributed by atoms with Crippen LogP contribution in [0.5, 0.6) is 5.75 Å². The lowest BCUT2D eigenvalue weighted by molar-refractivity contribution is 0.409. The normalized spacial score (nSPS) is 21.6. The maximum absolute atomic E-state index is 10.6. The topological polar surface area (TPSA) is 20.2 Å². The molecule has 116 valence electrons. The minimum Gasteiger partial charge on any atom is -0.508 e. The Kier molecular flexibility index (Phi) is 4.87. The highest BCUT2D eigenvalue weighted by Crippen LogP contribution is 2.42. The van der Waals surface area contributed by atoms with Crippen LogP contribution < -0.4 is 0 Å². The molecule has 0 amide bonds. The zero-order valence-corrected chi connectivity index (χ0v) is 13.5. The van der Waals surface area contributed by atoms with Gasteiger partial charge in [-0.25, -0.2) is 0 Å². The molecule has 1 heteroatoms. The van der Waals surface area contributed by atoms with Gasteiger partial charge in [0.1, 0.15) is 5.75 Å². The molecule has 0 spiro atoms. The van der Waals surface area contributed by atoms with E-state index in [1.54, 1.807) is 0 Å². The van der Waals surface area contributed by atoms with Crippen molar-refractivity contribution in [3.8, 4) is 5.75 Å². The minimum atomic E-state index is 0.583. The zero-order chi connectivity index (χ0) is 14.7. The van der Waals surface area contributed by atoms with Crippen molar-refractivity contribution in [3.63, 3.8) is 0 Å². The minimum absolute atomic E-state index is 0.583. The molecule has 1 aromatic rings. The van der Waals surface area contributed by atoms with Gasteiger partial charge in [-0.05, 0) is 66.7 Å². The number of rotatable bonds is 3. The van der Waals surface area contributed by atoms with E-state index >= 15 is 0 Å². The van der Waals surface area contributed by atoms with Gasteiger partial charge in [0.15, 0.2) is 0 Å². The molecule has 1 nitrogen and oxygen atoms in total. The van der Waals surface area contributed by atoms with Crippen LogP contribution in [0.15, 0.2) is 12.1 Å². The summed E-state index contributed by atoms with van der Waals surface area (Å²) in [4.78, 5) is 0. The Hall–Kier alpha value is -0.980. The van der Waals surface area contributed by atoms with Gasteiger partial charge in [-0.1, -0.05) is 51.5 Å². The van der Waals surface area contributed by atoms with E-state index in [9.17, 15) is 5.11 Å². The molecule has 0 saturated heterocycles. The van der Waals surface area contributed by atoms with Crippen molar-refractivity contribution >= 4 is 0 Å². The number of phenolic OH excluding ortho intramolecular Hbond substituents is 1. The lowest BCUT2D eigenvalue weighted by atomic mass is 9.78. The monoisotopic (exact) mass is 286 g/mol. The molecule has 0 heterocycles. The van der Waals surface area contributed by atoms with Crippen LogP contribution in [0.1, 0.15) is 99.7 Å². The van der Waals surface area contributed by atoms with E-state index in [1.165, 1.54) is 80.9 Å².